The van der Waals surface area contributed by atoms with Gasteiger partial charge < -0.3 is 15.0 Å². The fourth-order valence-corrected chi connectivity index (χ4v) is 3.71. The van der Waals surface area contributed by atoms with Gasteiger partial charge in [0, 0.05) is 24.3 Å². The number of carbonyl (C=O) groups is 2. The highest BCUT2D eigenvalue weighted by Crippen LogP contribution is 2.30. The summed E-state index contributed by atoms with van der Waals surface area (Å²) in [5.41, 5.74) is 5.32. The van der Waals surface area contributed by atoms with Crippen LogP contribution in [-0.4, -0.2) is 25.5 Å². The van der Waals surface area contributed by atoms with Gasteiger partial charge in [0.05, 0.1) is 12.7 Å². The Morgan fingerprint density at radius 2 is 1.80 bits per heavy atom. The third kappa shape index (κ3) is 3.92. The summed E-state index contributed by atoms with van der Waals surface area (Å²) in [6.07, 6.45) is 0.834. The Kier molecular flexibility index (Phi) is 5.53. The molecule has 3 aromatic rings. The number of rotatable bonds is 5. The van der Waals surface area contributed by atoms with Crippen LogP contribution in [0.25, 0.3) is 0 Å². The molecule has 0 aliphatic carbocycles. The Morgan fingerprint density at radius 1 is 1.03 bits per heavy atom. The van der Waals surface area contributed by atoms with E-state index in [9.17, 15) is 9.59 Å². The first-order valence-corrected chi connectivity index (χ1v) is 9.98. The van der Waals surface area contributed by atoms with Crippen molar-refractivity contribution in [3.05, 3.63) is 94.5 Å². The van der Waals surface area contributed by atoms with Crippen molar-refractivity contribution in [2.24, 2.45) is 0 Å². The molecule has 2 amide bonds. The summed E-state index contributed by atoms with van der Waals surface area (Å²) in [4.78, 5) is 27.4. The lowest BCUT2D eigenvalue weighted by Gasteiger charge is -2.18. The molecule has 0 saturated heterocycles. The number of anilines is 1. The fourth-order valence-electron chi connectivity index (χ4n) is 3.71. The normalized spacial score (nSPS) is 12.4. The average Bonchev–Trinajstić information content (AvgIpc) is 3.20. The number of para-hydroxylation sites is 1. The lowest BCUT2D eigenvalue weighted by molar-refractivity contribution is 0.0946. The highest BCUT2D eigenvalue weighted by atomic mass is 16.5. The van der Waals surface area contributed by atoms with Crippen molar-refractivity contribution in [1.29, 1.82) is 0 Å². The summed E-state index contributed by atoms with van der Waals surface area (Å²) in [6.45, 7) is 3.04. The molecular formula is C25H24N2O3. The molecule has 0 unspecified atom stereocenters. The number of ether oxygens (including phenoxy) is 1. The first-order chi connectivity index (χ1) is 14.6. The quantitative estimate of drug-likeness (QED) is 0.700. The lowest BCUT2D eigenvalue weighted by Crippen LogP contribution is -2.29. The Labute approximate surface area is 176 Å². The van der Waals surface area contributed by atoms with Crippen molar-refractivity contribution in [3.63, 3.8) is 0 Å². The number of fused-ring (bicyclic) bond motifs is 1. The van der Waals surface area contributed by atoms with E-state index in [1.165, 1.54) is 0 Å². The third-order valence-electron chi connectivity index (χ3n) is 5.39. The van der Waals surface area contributed by atoms with E-state index in [1.807, 2.05) is 60.4 Å². The minimum Gasteiger partial charge on any atom is -0.496 e. The fraction of sp³-hybridized carbons (Fsp3) is 0.200. The molecule has 4 rings (SSSR count). The van der Waals surface area contributed by atoms with Gasteiger partial charge in [0.25, 0.3) is 11.8 Å². The molecule has 1 aliphatic heterocycles. The molecule has 30 heavy (non-hydrogen) atoms. The zero-order chi connectivity index (χ0) is 21.1. The zero-order valence-electron chi connectivity index (χ0n) is 17.1. The number of aryl methyl sites for hydroxylation is 1. The zero-order valence-corrected chi connectivity index (χ0v) is 17.1. The summed E-state index contributed by atoms with van der Waals surface area (Å²) >= 11 is 0. The van der Waals surface area contributed by atoms with E-state index >= 15 is 0 Å². The van der Waals surface area contributed by atoms with Crippen molar-refractivity contribution in [1.82, 2.24) is 5.32 Å². The van der Waals surface area contributed by atoms with Gasteiger partial charge in [-0.1, -0.05) is 42.0 Å². The molecule has 0 saturated carbocycles. The van der Waals surface area contributed by atoms with Crippen LogP contribution in [0.2, 0.25) is 0 Å². The number of amides is 2. The van der Waals surface area contributed by atoms with Gasteiger partial charge in [0.2, 0.25) is 0 Å². The summed E-state index contributed by atoms with van der Waals surface area (Å²) in [5, 5.41) is 2.94. The van der Waals surface area contributed by atoms with Crippen LogP contribution in [0.15, 0.2) is 66.7 Å². The SMILES string of the molecule is COc1ccccc1C(=O)NCc1ccc2c(c1)N(C(=O)c1ccc(C)cc1)CC2. The van der Waals surface area contributed by atoms with Gasteiger partial charge in [-0.2, -0.15) is 0 Å². The average molecular weight is 400 g/mol. The van der Waals surface area contributed by atoms with E-state index in [1.54, 1.807) is 25.3 Å². The number of benzene rings is 3. The monoisotopic (exact) mass is 400 g/mol. The van der Waals surface area contributed by atoms with Gasteiger partial charge in [-0.15, -0.1) is 0 Å². The molecule has 1 N–H and O–H groups in total. The van der Waals surface area contributed by atoms with Crippen LogP contribution in [0.5, 0.6) is 5.75 Å². The molecule has 1 aliphatic rings. The van der Waals surface area contributed by atoms with E-state index in [0.29, 0.717) is 30.0 Å². The molecule has 3 aromatic carbocycles. The van der Waals surface area contributed by atoms with Crippen LogP contribution in [0.3, 0.4) is 0 Å². The first-order valence-electron chi connectivity index (χ1n) is 9.98. The number of methoxy groups -OCH3 is 1. The molecule has 152 valence electrons. The second-order valence-electron chi connectivity index (χ2n) is 7.42. The highest BCUT2D eigenvalue weighted by Gasteiger charge is 2.25. The Morgan fingerprint density at radius 3 is 2.57 bits per heavy atom. The Bertz CT molecular complexity index is 1090. The van der Waals surface area contributed by atoms with E-state index in [0.717, 1.165) is 28.8 Å². The van der Waals surface area contributed by atoms with E-state index in [4.69, 9.17) is 4.74 Å². The molecule has 0 fully saturated rings. The van der Waals surface area contributed by atoms with Gasteiger partial charge in [-0.25, -0.2) is 0 Å². The van der Waals surface area contributed by atoms with Gasteiger partial charge in [-0.05, 0) is 54.8 Å². The van der Waals surface area contributed by atoms with Gasteiger partial charge >= 0.3 is 0 Å². The molecular weight excluding hydrogens is 376 g/mol. The molecule has 1 heterocycles. The van der Waals surface area contributed by atoms with Crippen molar-refractivity contribution < 1.29 is 14.3 Å². The minimum atomic E-state index is -0.194. The van der Waals surface area contributed by atoms with Crippen molar-refractivity contribution >= 4 is 17.5 Å². The predicted molar refractivity (Wildman–Crippen MR) is 117 cm³/mol. The van der Waals surface area contributed by atoms with E-state index in [-0.39, 0.29) is 11.8 Å². The molecule has 0 atom stereocenters. The summed E-state index contributed by atoms with van der Waals surface area (Å²) in [6, 6.07) is 20.8. The number of hydrogen-bond donors (Lipinski definition) is 1. The predicted octanol–water partition coefficient (Wildman–Crippen LogP) is 4.14. The van der Waals surface area contributed by atoms with Crippen LogP contribution in [-0.2, 0) is 13.0 Å². The van der Waals surface area contributed by atoms with Crippen LogP contribution < -0.4 is 15.0 Å². The number of carbonyl (C=O) groups excluding carboxylic acids is 2. The summed E-state index contributed by atoms with van der Waals surface area (Å²) < 4.78 is 5.26. The minimum absolute atomic E-state index is 0.00366. The van der Waals surface area contributed by atoms with Crippen LogP contribution in [0, 0.1) is 6.92 Å². The lowest BCUT2D eigenvalue weighted by atomic mass is 10.1. The Balaban J connectivity index is 1.50. The number of nitrogens with zero attached hydrogens (tertiary/aromatic N) is 1. The molecule has 5 heteroatoms. The van der Waals surface area contributed by atoms with Gasteiger partial charge in [-0.3, -0.25) is 9.59 Å². The smallest absolute Gasteiger partial charge is 0.258 e. The number of nitrogens with one attached hydrogen (secondary N) is 1. The standard InChI is InChI=1S/C25H24N2O3/c1-17-7-10-20(11-8-17)25(29)27-14-13-19-12-9-18(15-22(19)27)16-26-24(28)21-5-3-4-6-23(21)30-2/h3-12,15H,13-14,16H2,1-2H3,(H,26,28). The Hall–Kier alpha value is -3.60. The van der Waals surface area contributed by atoms with Crippen molar-refractivity contribution in [2.75, 3.05) is 18.6 Å². The van der Waals surface area contributed by atoms with Gasteiger partial charge in [0.15, 0.2) is 0 Å². The largest absolute Gasteiger partial charge is 0.496 e. The van der Waals surface area contributed by atoms with Crippen LogP contribution >= 0.6 is 0 Å². The summed E-state index contributed by atoms with van der Waals surface area (Å²) in [5.74, 6) is 0.350. The van der Waals surface area contributed by atoms with E-state index in [2.05, 4.69) is 5.32 Å². The first kappa shape index (κ1) is 19.7. The third-order valence-corrected chi connectivity index (χ3v) is 5.39. The number of hydrogen-bond acceptors (Lipinski definition) is 3. The van der Waals surface area contributed by atoms with Crippen molar-refractivity contribution in [3.8, 4) is 5.75 Å². The summed E-state index contributed by atoms with van der Waals surface area (Å²) in [7, 11) is 1.55. The maximum Gasteiger partial charge on any atom is 0.258 e. The van der Waals surface area contributed by atoms with E-state index < -0.39 is 0 Å². The molecule has 0 bridgehead atoms. The molecule has 5 nitrogen and oxygen atoms in total. The van der Waals surface area contributed by atoms with Crippen LogP contribution in [0.1, 0.15) is 37.4 Å². The molecule has 0 aromatic heterocycles. The second kappa shape index (κ2) is 8.41. The second-order valence-corrected chi connectivity index (χ2v) is 7.42. The topological polar surface area (TPSA) is 58.6 Å². The van der Waals surface area contributed by atoms with Crippen molar-refractivity contribution in [2.45, 2.75) is 19.9 Å². The van der Waals surface area contributed by atoms with Gasteiger partial charge in [0.1, 0.15) is 5.75 Å². The molecule has 0 radical (unpaired) electrons. The van der Waals surface area contributed by atoms with Crippen LogP contribution in [0.4, 0.5) is 5.69 Å². The maximum absolute atomic E-state index is 13.0. The highest BCUT2D eigenvalue weighted by molar-refractivity contribution is 6.07. The molecule has 0 spiro atoms. The maximum atomic E-state index is 13.0.